The molecule has 0 bridgehead atoms. The number of likely N-dealkylation sites (N-methyl/N-ethyl adjacent to an activating group) is 1. The van der Waals surface area contributed by atoms with Crippen molar-refractivity contribution < 1.29 is 17.9 Å². The molecule has 5 rings (SSSR count). The van der Waals surface area contributed by atoms with Crippen LogP contribution in [0.1, 0.15) is 41.5 Å². The Morgan fingerprint density at radius 3 is 2.47 bits per heavy atom. The summed E-state index contributed by atoms with van der Waals surface area (Å²) in [6.07, 6.45) is 7.76. The number of rotatable bonds is 6. The smallest absolute Gasteiger partial charge is 0.345 e. The Kier molecular flexibility index (Phi) is 6.01. The van der Waals surface area contributed by atoms with Crippen molar-refractivity contribution in [1.82, 2.24) is 14.7 Å². The van der Waals surface area contributed by atoms with E-state index in [0.29, 0.717) is 13.0 Å². The third kappa shape index (κ3) is 4.26. The second-order valence-electron chi connectivity index (χ2n) is 9.49. The molecule has 1 aromatic heterocycles. The highest BCUT2D eigenvalue weighted by molar-refractivity contribution is 7.91. The van der Waals surface area contributed by atoms with Gasteiger partial charge in [0.25, 0.3) is 0 Å². The van der Waals surface area contributed by atoms with E-state index in [1.807, 2.05) is 0 Å². The molecule has 1 aliphatic heterocycles. The molecule has 2 aliphatic carbocycles. The fourth-order valence-electron chi connectivity index (χ4n) is 5.51. The number of hydrogen-bond acceptors (Lipinski definition) is 5. The molecule has 3 aliphatic rings. The number of aryl methyl sites for hydroxylation is 3. The summed E-state index contributed by atoms with van der Waals surface area (Å²) in [6, 6.07) is 0.679. The average Bonchev–Trinajstić information content (AvgIpc) is 3.55. The van der Waals surface area contributed by atoms with E-state index in [1.54, 1.807) is 19.0 Å². The molecule has 0 spiro atoms. The summed E-state index contributed by atoms with van der Waals surface area (Å²) in [5.41, 5.74) is 5.63. The molecule has 184 valence electrons. The van der Waals surface area contributed by atoms with Crippen molar-refractivity contribution in [3.05, 3.63) is 40.7 Å². The lowest BCUT2D eigenvalue weighted by molar-refractivity contribution is -0.213. The van der Waals surface area contributed by atoms with Crippen LogP contribution >= 0.6 is 0 Å². The SMILES string of the molecule is CN1CCC(F)C1CN(c1cnn(C)c1)S(=O)(=O)/N=C(\[O-])Nc1c2c(cc3c1CCC3)CCC2. The molecule has 2 aromatic rings. The Balaban J connectivity index is 1.46. The predicted octanol–water partition coefficient (Wildman–Crippen LogP) is 1.32. The molecule has 0 radical (unpaired) electrons. The van der Waals surface area contributed by atoms with Gasteiger partial charge in [-0.25, -0.2) is 8.70 Å². The maximum Gasteiger partial charge on any atom is 0.345 e. The Labute approximate surface area is 199 Å². The second kappa shape index (κ2) is 8.84. The summed E-state index contributed by atoms with van der Waals surface area (Å²) in [7, 11) is -1.02. The molecule has 2 heterocycles. The van der Waals surface area contributed by atoms with Crippen molar-refractivity contribution >= 4 is 27.6 Å². The summed E-state index contributed by atoms with van der Waals surface area (Å²) in [6.45, 7) is 0.382. The number of halogens is 1. The molecule has 34 heavy (non-hydrogen) atoms. The van der Waals surface area contributed by atoms with Crippen molar-refractivity contribution in [1.29, 1.82) is 0 Å². The van der Waals surface area contributed by atoms with Crippen molar-refractivity contribution in [2.45, 2.75) is 57.2 Å². The van der Waals surface area contributed by atoms with Gasteiger partial charge in [0, 0.05) is 25.5 Å². The minimum Gasteiger partial charge on any atom is -0.845 e. The van der Waals surface area contributed by atoms with Crippen LogP contribution in [0.5, 0.6) is 0 Å². The highest BCUT2D eigenvalue weighted by Gasteiger charge is 2.37. The first-order valence-corrected chi connectivity index (χ1v) is 13.2. The molecule has 9 nitrogen and oxygen atoms in total. The average molecular weight is 490 g/mol. The topological polar surface area (TPSA) is 106 Å². The van der Waals surface area contributed by atoms with Crippen molar-refractivity contribution in [3.8, 4) is 0 Å². The van der Waals surface area contributed by atoms with Crippen LogP contribution in [0.3, 0.4) is 0 Å². The normalized spacial score (nSPS) is 22.7. The molecule has 2 atom stereocenters. The molecule has 1 aromatic carbocycles. The van der Waals surface area contributed by atoms with Crippen LogP contribution in [0, 0.1) is 0 Å². The number of benzene rings is 1. The lowest BCUT2D eigenvalue weighted by Gasteiger charge is -2.29. The molecule has 1 N–H and O–H groups in total. The summed E-state index contributed by atoms with van der Waals surface area (Å²) in [5.74, 6) is 0. The number of hydrogen-bond donors (Lipinski definition) is 1. The summed E-state index contributed by atoms with van der Waals surface area (Å²) < 4.78 is 47.2. The molecule has 11 heteroatoms. The summed E-state index contributed by atoms with van der Waals surface area (Å²) in [5, 5.41) is 19.8. The molecule has 1 fully saturated rings. The van der Waals surface area contributed by atoms with Gasteiger partial charge in [-0.2, -0.15) is 13.5 Å². The number of anilines is 2. The summed E-state index contributed by atoms with van der Waals surface area (Å²) >= 11 is 0. The third-order valence-corrected chi connectivity index (χ3v) is 8.57. The van der Waals surface area contributed by atoms with Crippen molar-refractivity contribution in [2.75, 3.05) is 29.8 Å². The fraction of sp³-hybridized carbons (Fsp3) is 0.565. The standard InChI is InChI=1S/C23H31FN6O3S/c1-28-10-9-20(24)21(28)14-30(17-12-25-29(2)13-17)34(32,33)27-23(31)26-22-18-7-3-5-15(18)11-16-6-4-8-19(16)22/h11-13,20-21H,3-10,14H2,1-2H3,(H2,26,27,31)/p-1. The first kappa shape index (κ1) is 23.1. The van der Waals surface area contributed by atoms with Gasteiger partial charge in [-0.05, 0) is 74.2 Å². The zero-order valence-corrected chi connectivity index (χ0v) is 20.3. The fourth-order valence-corrected chi connectivity index (χ4v) is 6.56. The van der Waals surface area contributed by atoms with E-state index in [0.717, 1.165) is 59.6 Å². The van der Waals surface area contributed by atoms with E-state index in [4.69, 9.17) is 0 Å². The van der Waals surface area contributed by atoms with E-state index in [9.17, 15) is 17.9 Å². The Morgan fingerprint density at radius 1 is 1.24 bits per heavy atom. The Morgan fingerprint density at radius 2 is 1.91 bits per heavy atom. The molecule has 1 saturated heterocycles. The number of likely N-dealkylation sites (tertiary alicyclic amines) is 1. The number of aromatic nitrogens is 2. The van der Waals surface area contributed by atoms with Gasteiger partial charge in [0.05, 0.1) is 30.5 Å². The second-order valence-corrected chi connectivity index (χ2v) is 11.0. The van der Waals surface area contributed by atoms with E-state index in [1.165, 1.54) is 28.2 Å². The maximum absolute atomic E-state index is 14.5. The molecule has 0 saturated carbocycles. The van der Waals surface area contributed by atoms with Crippen LogP contribution in [0.4, 0.5) is 15.8 Å². The van der Waals surface area contributed by atoms with Crippen LogP contribution in [0.25, 0.3) is 0 Å². The van der Waals surface area contributed by atoms with Crippen LogP contribution in [0.2, 0.25) is 0 Å². The van der Waals surface area contributed by atoms with E-state index >= 15 is 0 Å². The zero-order valence-electron chi connectivity index (χ0n) is 19.5. The molecule has 0 amide bonds. The number of amidine groups is 1. The summed E-state index contributed by atoms with van der Waals surface area (Å²) in [4.78, 5) is 1.79. The monoisotopic (exact) mass is 489 g/mol. The molecule has 2 unspecified atom stereocenters. The highest BCUT2D eigenvalue weighted by atomic mass is 32.2. The minimum atomic E-state index is -4.44. The van der Waals surface area contributed by atoms with Crippen LogP contribution in [0.15, 0.2) is 22.9 Å². The number of nitrogens with zero attached hydrogens (tertiary/aromatic N) is 5. The third-order valence-electron chi connectivity index (χ3n) is 7.26. The Hall–Kier alpha value is -2.66. The van der Waals surface area contributed by atoms with Crippen LogP contribution in [-0.2, 0) is 42.9 Å². The molecular weight excluding hydrogens is 459 g/mol. The highest BCUT2D eigenvalue weighted by Crippen LogP contribution is 2.38. The number of fused-ring (bicyclic) bond motifs is 2. The molecular formula is C23H30FN6O3S-. The quantitative estimate of drug-likeness (QED) is 0.485. The lowest BCUT2D eigenvalue weighted by atomic mass is 9.99. The van der Waals surface area contributed by atoms with Gasteiger partial charge in [-0.3, -0.25) is 9.58 Å². The zero-order chi connectivity index (χ0) is 24.0. The van der Waals surface area contributed by atoms with Crippen molar-refractivity contribution in [2.24, 2.45) is 11.4 Å². The van der Waals surface area contributed by atoms with Gasteiger partial charge in [-0.15, -0.1) is 4.40 Å². The Bertz CT molecular complexity index is 1190. The van der Waals surface area contributed by atoms with Gasteiger partial charge in [0.15, 0.2) is 0 Å². The predicted molar refractivity (Wildman–Crippen MR) is 127 cm³/mol. The maximum atomic E-state index is 14.5. The van der Waals surface area contributed by atoms with E-state index in [-0.39, 0.29) is 12.2 Å². The van der Waals surface area contributed by atoms with Gasteiger partial charge in [-0.1, -0.05) is 6.07 Å². The van der Waals surface area contributed by atoms with Gasteiger partial charge >= 0.3 is 10.2 Å². The number of nitrogens with one attached hydrogen (secondary N) is 1. The van der Waals surface area contributed by atoms with E-state index < -0.39 is 28.4 Å². The van der Waals surface area contributed by atoms with Gasteiger partial charge in [0.2, 0.25) is 0 Å². The largest absolute Gasteiger partial charge is 0.845 e. The van der Waals surface area contributed by atoms with Crippen LogP contribution < -0.4 is 14.7 Å². The first-order valence-electron chi connectivity index (χ1n) is 11.8. The lowest BCUT2D eigenvalue weighted by Crippen LogP contribution is -2.45. The van der Waals surface area contributed by atoms with Gasteiger partial charge in [0.1, 0.15) is 6.17 Å². The minimum absolute atomic E-state index is 0.154. The van der Waals surface area contributed by atoms with Gasteiger partial charge < -0.3 is 10.4 Å². The van der Waals surface area contributed by atoms with E-state index in [2.05, 4.69) is 20.9 Å². The first-order chi connectivity index (χ1) is 16.2. The van der Waals surface area contributed by atoms with Crippen molar-refractivity contribution in [3.63, 3.8) is 0 Å². The number of alkyl halides is 1. The van der Waals surface area contributed by atoms with Crippen LogP contribution in [-0.4, -0.2) is 61.5 Å².